The Kier molecular flexibility index (Phi) is 4.27. The summed E-state index contributed by atoms with van der Waals surface area (Å²) in [5.41, 5.74) is 5.78. The number of rotatable bonds is 3. The number of fused-ring (bicyclic) bond motifs is 2. The van der Waals surface area contributed by atoms with Gasteiger partial charge in [-0.15, -0.1) is 0 Å². The second kappa shape index (κ2) is 7.00. The summed E-state index contributed by atoms with van der Waals surface area (Å²) in [7, 11) is 0. The maximum Gasteiger partial charge on any atom is 0.262 e. The first-order valence-corrected chi connectivity index (χ1v) is 9.68. The number of benzene rings is 3. The van der Waals surface area contributed by atoms with Crippen LogP contribution in [-0.4, -0.2) is 16.4 Å². The Morgan fingerprint density at radius 3 is 2.42 bits per heavy atom. The smallest absolute Gasteiger partial charge is 0.262 e. The van der Waals surface area contributed by atoms with Crippen LogP contribution in [0.15, 0.2) is 71.5 Å². The Morgan fingerprint density at radius 2 is 1.65 bits per heavy atom. The molecule has 4 aromatic rings. The lowest BCUT2D eigenvalue weighted by Gasteiger charge is -2.14. The van der Waals surface area contributed by atoms with Crippen LogP contribution >= 0.6 is 11.6 Å². The number of hydrogen-bond donors (Lipinski definition) is 2. The monoisotopic (exact) mass is 431 g/mol. The number of ether oxygens (including phenoxy) is 1. The fraction of sp³-hybridized carbons (Fsp3) is 0. The van der Waals surface area contributed by atoms with E-state index in [1.807, 2.05) is 42.5 Å². The van der Waals surface area contributed by atoms with Gasteiger partial charge >= 0.3 is 0 Å². The Balaban J connectivity index is 1.53. The zero-order valence-electron chi connectivity index (χ0n) is 15.9. The van der Waals surface area contributed by atoms with Crippen molar-refractivity contribution in [2.24, 2.45) is 0 Å². The normalized spacial score (nSPS) is 12.7. The average molecular weight is 432 g/mol. The van der Waals surface area contributed by atoms with Crippen molar-refractivity contribution in [2.45, 2.75) is 0 Å². The van der Waals surface area contributed by atoms with Crippen molar-refractivity contribution in [1.82, 2.24) is 9.88 Å². The van der Waals surface area contributed by atoms with Gasteiger partial charge in [0.25, 0.3) is 17.4 Å². The molecule has 0 atom stereocenters. The van der Waals surface area contributed by atoms with Gasteiger partial charge in [0.15, 0.2) is 0 Å². The van der Waals surface area contributed by atoms with Gasteiger partial charge in [-0.05, 0) is 41.1 Å². The summed E-state index contributed by atoms with van der Waals surface area (Å²) >= 11 is 6.41. The predicted octanol–water partition coefficient (Wildman–Crippen LogP) is 3.90. The molecule has 0 unspecified atom stereocenters. The molecule has 152 valence electrons. The molecular weight excluding hydrogens is 418 g/mol. The van der Waals surface area contributed by atoms with E-state index in [0.29, 0.717) is 17.2 Å². The first kappa shape index (κ1) is 18.9. The summed E-state index contributed by atoms with van der Waals surface area (Å²) in [6, 6.07) is 19.4. The Hall–Kier alpha value is -4.10. The van der Waals surface area contributed by atoms with E-state index in [1.165, 1.54) is 6.07 Å². The highest BCUT2D eigenvalue weighted by atomic mass is 35.5. The van der Waals surface area contributed by atoms with Gasteiger partial charge in [0.2, 0.25) is 0 Å². The lowest BCUT2D eigenvalue weighted by molar-refractivity contribution is 0.0880. The molecule has 0 aliphatic carbocycles. The van der Waals surface area contributed by atoms with E-state index in [2.05, 4.69) is 5.32 Å². The molecule has 1 aliphatic heterocycles. The highest BCUT2D eigenvalue weighted by Gasteiger charge is 2.31. The Bertz CT molecular complexity index is 1480. The molecule has 0 spiro atoms. The molecule has 0 radical (unpaired) electrons. The SMILES string of the molecule is Nc1c2c(cc(=O)n1-c1ccc(Oc3ccc4ccccc4c3)c(Cl)c1)C(=O)NC2=O. The van der Waals surface area contributed by atoms with Crippen LogP contribution in [0.5, 0.6) is 11.5 Å². The quantitative estimate of drug-likeness (QED) is 0.479. The topological polar surface area (TPSA) is 103 Å². The van der Waals surface area contributed by atoms with E-state index >= 15 is 0 Å². The number of imide groups is 1. The number of anilines is 1. The van der Waals surface area contributed by atoms with E-state index in [0.717, 1.165) is 21.4 Å². The molecule has 5 rings (SSSR count). The van der Waals surface area contributed by atoms with Gasteiger partial charge in [-0.2, -0.15) is 0 Å². The molecule has 0 saturated heterocycles. The third-order valence-corrected chi connectivity index (χ3v) is 5.37. The molecule has 0 fully saturated rings. The zero-order valence-corrected chi connectivity index (χ0v) is 16.6. The number of nitrogen functional groups attached to an aromatic ring is 1. The molecule has 1 aliphatic rings. The van der Waals surface area contributed by atoms with Gasteiger partial charge in [-0.1, -0.05) is 41.9 Å². The van der Waals surface area contributed by atoms with Gasteiger partial charge in [0.1, 0.15) is 17.3 Å². The fourth-order valence-corrected chi connectivity index (χ4v) is 3.83. The fourth-order valence-electron chi connectivity index (χ4n) is 3.62. The predicted molar refractivity (Wildman–Crippen MR) is 117 cm³/mol. The number of hydrogen-bond acceptors (Lipinski definition) is 5. The van der Waals surface area contributed by atoms with Gasteiger partial charge in [-0.3, -0.25) is 24.3 Å². The van der Waals surface area contributed by atoms with Gasteiger partial charge < -0.3 is 10.5 Å². The number of carbonyl (C=O) groups is 2. The van der Waals surface area contributed by atoms with Crippen molar-refractivity contribution in [2.75, 3.05) is 5.73 Å². The van der Waals surface area contributed by atoms with Crippen LogP contribution in [-0.2, 0) is 0 Å². The molecule has 3 aromatic carbocycles. The minimum absolute atomic E-state index is 0.0304. The van der Waals surface area contributed by atoms with E-state index in [1.54, 1.807) is 12.1 Å². The number of nitrogens with one attached hydrogen (secondary N) is 1. The number of nitrogens with two attached hydrogens (primary N) is 1. The van der Waals surface area contributed by atoms with Crippen LogP contribution in [0.2, 0.25) is 5.02 Å². The van der Waals surface area contributed by atoms with Crippen molar-refractivity contribution in [3.8, 4) is 17.2 Å². The molecule has 2 amide bonds. The lowest BCUT2D eigenvalue weighted by atomic mass is 10.1. The van der Waals surface area contributed by atoms with E-state index < -0.39 is 17.4 Å². The molecule has 31 heavy (non-hydrogen) atoms. The van der Waals surface area contributed by atoms with Crippen LogP contribution in [0, 0.1) is 0 Å². The van der Waals surface area contributed by atoms with Crippen LogP contribution in [0.25, 0.3) is 16.5 Å². The number of aromatic nitrogens is 1. The lowest BCUT2D eigenvalue weighted by Crippen LogP contribution is -2.24. The maximum absolute atomic E-state index is 12.6. The summed E-state index contributed by atoms with van der Waals surface area (Å²) in [5.74, 6) is -0.425. The number of pyridine rings is 1. The van der Waals surface area contributed by atoms with Crippen molar-refractivity contribution in [3.63, 3.8) is 0 Å². The van der Waals surface area contributed by atoms with E-state index in [9.17, 15) is 14.4 Å². The summed E-state index contributed by atoms with van der Waals surface area (Å²) in [6.07, 6.45) is 0. The Labute approximate surface area is 180 Å². The second-order valence-electron chi connectivity index (χ2n) is 7.00. The number of nitrogens with zero attached hydrogens (tertiary/aromatic N) is 1. The second-order valence-corrected chi connectivity index (χ2v) is 7.41. The van der Waals surface area contributed by atoms with Crippen molar-refractivity contribution in [3.05, 3.63) is 93.2 Å². The molecular formula is C23H14ClN3O4. The largest absolute Gasteiger partial charge is 0.456 e. The van der Waals surface area contributed by atoms with E-state index in [4.69, 9.17) is 22.1 Å². The summed E-state index contributed by atoms with van der Waals surface area (Å²) in [5, 5.41) is 4.50. The van der Waals surface area contributed by atoms with Crippen molar-refractivity contribution >= 4 is 40.0 Å². The highest BCUT2D eigenvalue weighted by Crippen LogP contribution is 2.33. The van der Waals surface area contributed by atoms with E-state index in [-0.39, 0.29) is 22.0 Å². The van der Waals surface area contributed by atoms with Crippen LogP contribution < -0.4 is 21.3 Å². The van der Waals surface area contributed by atoms with Gasteiger partial charge in [0, 0.05) is 6.07 Å². The summed E-state index contributed by atoms with van der Waals surface area (Å²) in [6.45, 7) is 0. The molecule has 7 nitrogen and oxygen atoms in total. The number of amides is 2. The number of carbonyl (C=O) groups excluding carboxylic acids is 2. The first-order valence-electron chi connectivity index (χ1n) is 9.30. The molecule has 0 bridgehead atoms. The van der Waals surface area contributed by atoms with Gasteiger partial charge in [-0.25, -0.2) is 0 Å². The molecule has 0 saturated carbocycles. The zero-order chi connectivity index (χ0) is 21.7. The first-order chi connectivity index (χ1) is 14.9. The van der Waals surface area contributed by atoms with Crippen LogP contribution in [0.3, 0.4) is 0 Å². The summed E-state index contributed by atoms with van der Waals surface area (Å²) in [4.78, 5) is 36.4. The van der Waals surface area contributed by atoms with Crippen LogP contribution in [0.1, 0.15) is 20.7 Å². The molecule has 1 aromatic heterocycles. The minimum atomic E-state index is -0.645. The van der Waals surface area contributed by atoms with Crippen LogP contribution in [0.4, 0.5) is 5.82 Å². The number of halogens is 1. The maximum atomic E-state index is 12.6. The average Bonchev–Trinajstić information content (AvgIpc) is 3.03. The molecule has 3 N–H and O–H groups in total. The minimum Gasteiger partial charge on any atom is -0.456 e. The third-order valence-electron chi connectivity index (χ3n) is 5.08. The summed E-state index contributed by atoms with van der Waals surface area (Å²) < 4.78 is 7.04. The van der Waals surface area contributed by atoms with Crippen molar-refractivity contribution in [1.29, 1.82) is 0 Å². The Morgan fingerprint density at radius 1 is 0.871 bits per heavy atom. The highest BCUT2D eigenvalue weighted by molar-refractivity contribution is 6.32. The molecule has 8 heteroatoms. The molecule has 2 heterocycles. The standard InChI is InChI=1S/C23H14ClN3O4/c24-17-10-14(27-19(28)11-16-20(21(27)25)23(30)26-22(16)29)6-8-18(17)31-15-7-5-12-3-1-2-4-13(12)9-15/h1-11H,25H2,(H,26,29,30). The van der Waals surface area contributed by atoms with Gasteiger partial charge in [0.05, 0.1) is 21.8 Å². The third kappa shape index (κ3) is 3.12. The van der Waals surface area contributed by atoms with Crippen molar-refractivity contribution < 1.29 is 14.3 Å².